The quantitative estimate of drug-likeness (QED) is 0.756. The number of amides is 3. The van der Waals surface area contributed by atoms with Crippen LogP contribution in [-0.2, 0) is 4.79 Å². The van der Waals surface area contributed by atoms with Crippen molar-refractivity contribution >= 4 is 11.9 Å². The highest BCUT2D eigenvalue weighted by Gasteiger charge is 2.26. The molecular weight excluding hydrogens is 299 g/mol. The number of nitrogens with one attached hydrogen (secondary N) is 3. The van der Waals surface area contributed by atoms with E-state index in [0.29, 0.717) is 19.6 Å². The van der Waals surface area contributed by atoms with Gasteiger partial charge in [0.25, 0.3) is 0 Å². The Morgan fingerprint density at radius 1 is 1.43 bits per heavy atom. The monoisotopic (exact) mass is 322 g/mol. The van der Waals surface area contributed by atoms with Crippen molar-refractivity contribution in [1.29, 1.82) is 0 Å². The Bertz CT molecular complexity index is 553. The number of rotatable bonds is 5. The maximum atomic E-state index is 13.4. The van der Waals surface area contributed by atoms with Crippen LogP contribution < -0.4 is 16.0 Å². The number of benzene rings is 1. The van der Waals surface area contributed by atoms with Crippen molar-refractivity contribution < 1.29 is 14.0 Å². The molecular formula is C16H23FN4O2. The van der Waals surface area contributed by atoms with Gasteiger partial charge in [-0.3, -0.25) is 15.0 Å². The van der Waals surface area contributed by atoms with Crippen LogP contribution in [0.15, 0.2) is 24.3 Å². The van der Waals surface area contributed by atoms with E-state index in [-0.39, 0.29) is 24.3 Å². The summed E-state index contributed by atoms with van der Waals surface area (Å²) in [5.74, 6) is -0.654. The highest BCUT2D eigenvalue weighted by molar-refractivity contribution is 5.95. The Labute approximate surface area is 135 Å². The van der Waals surface area contributed by atoms with Gasteiger partial charge < -0.3 is 10.6 Å². The van der Waals surface area contributed by atoms with Crippen molar-refractivity contribution in [1.82, 2.24) is 20.9 Å². The zero-order valence-corrected chi connectivity index (χ0v) is 13.3. The van der Waals surface area contributed by atoms with E-state index >= 15 is 0 Å². The second kappa shape index (κ2) is 8.59. The van der Waals surface area contributed by atoms with Gasteiger partial charge in [0.2, 0.25) is 5.91 Å². The number of hydrogen-bond donors (Lipinski definition) is 3. The fourth-order valence-corrected chi connectivity index (χ4v) is 2.61. The van der Waals surface area contributed by atoms with Gasteiger partial charge >= 0.3 is 6.03 Å². The molecule has 0 spiro atoms. The van der Waals surface area contributed by atoms with Crippen LogP contribution in [-0.4, -0.2) is 49.6 Å². The van der Waals surface area contributed by atoms with Crippen molar-refractivity contribution in [3.8, 4) is 0 Å². The molecule has 3 N–H and O–H groups in total. The lowest BCUT2D eigenvalue weighted by Gasteiger charge is -2.35. The van der Waals surface area contributed by atoms with Gasteiger partial charge in [0.1, 0.15) is 5.82 Å². The van der Waals surface area contributed by atoms with E-state index in [4.69, 9.17) is 0 Å². The van der Waals surface area contributed by atoms with Gasteiger partial charge in [-0.25, -0.2) is 9.18 Å². The second-order valence-corrected chi connectivity index (χ2v) is 5.55. The Hall–Kier alpha value is -1.99. The molecule has 1 unspecified atom stereocenters. The number of carbonyl (C=O) groups is 2. The summed E-state index contributed by atoms with van der Waals surface area (Å²) in [7, 11) is 0. The topological polar surface area (TPSA) is 73.5 Å². The molecule has 1 aromatic carbocycles. The summed E-state index contributed by atoms with van der Waals surface area (Å²) >= 11 is 0. The maximum Gasteiger partial charge on any atom is 0.321 e. The number of hydrogen-bond acceptors (Lipinski definition) is 4. The fraction of sp³-hybridized carbons (Fsp3) is 0.500. The molecule has 1 fully saturated rings. The van der Waals surface area contributed by atoms with E-state index < -0.39 is 6.03 Å². The lowest BCUT2D eigenvalue weighted by atomic mass is 10.0. The molecule has 1 atom stereocenters. The summed E-state index contributed by atoms with van der Waals surface area (Å²) in [5.41, 5.74) is 0.820. The maximum absolute atomic E-state index is 13.4. The van der Waals surface area contributed by atoms with Crippen LogP contribution in [0.1, 0.15) is 24.9 Å². The van der Waals surface area contributed by atoms with E-state index in [9.17, 15) is 14.0 Å². The van der Waals surface area contributed by atoms with Crippen molar-refractivity contribution in [2.75, 3.05) is 32.7 Å². The van der Waals surface area contributed by atoms with Gasteiger partial charge in [0.05, 0.1) is 6.54 Å². The first kappa shape index (κ1) is 17.4. The standard InChI is InChI=1S/C16H23FN4O2/c1-2-6-19-16(23)20-15(22)11-21-8-7-18-10-14(21)12-4-3-5-13(17)9-12/h3-5,9,14,18H,2,6-8,10-11H2,1H3,(H2,19,20,22,23). The van der Waals surface area contributed by atoms with Gasteiger partial charge in [0.15, 0.2) is 0 Å². The van der Waals surface area contributed by atoms with Crippen LogP contribution in [0.5, 0.6) is 0 Å². The number of urea groups is 1. The summed E-state index contributed by atoms with van der Waals surface area (Å²) in [6.45, 7) is 4.61. The van der Waals surface area contributed by atoms with Crippen LogP contribution in [0.4, 0.5) is 9.18 Å². The first-order valence-electron chi connectivity index (χ1n) is 7.88. The normalized spacial score (nSPS) is 18.4. The molecule has 1 heterocycles. The van der Waals surface area contributed by atoms with E-state index in [2.05, 4.69) is 16.0 Å². The molecule has 0 radical (unpaired) electrons. The van der Waals surface area contributed by atoms with Crippen LogP contribution in [0.3, 0.4) is 0 Å². The lowest BCUT2D eigenvalue weighted by Crippen LogP contribution is -2.51. The molecule has 1 saturated heterocycles. The van der Waals surface area contributed by atoms with E-state index in [0.717, 1.165) is 18.5 Å². The number of piperazine rings is 1. The Morgan fingerprint density at radius 3 is 3.00 bits per heavy atom. The fourth-order valence-electron chi connectivity index (χ4n) is 2.61. The summed E-state index contributed by atoms with van der Waals surface area (Å²) in [6.07, 6.45) is 0.807. The molecule has 3 amide bonds. The van der Waals surface area contributed by atoms with Crippen molar-refractivity contribution in [3.63, 3.8) is 0 Å². The molecule has 1 aliphatic heterocycles. The summed E-state index contributed by atoms with van der Waals surface area (Å²) in [6, 6.07) is 5.82. The van der Waals surface area contributed by atoms with Gasteiger partial charge in [-0.1, -0.05) is 19.1 Å². The lowest BCUT2D eigenvalue weighted by molar-refractivity contribution is -0.122. The third-order valence-corrected chi connectivity index (χ3v) is 3.72. The van der Waals surface area contributed by atoms with Crippen LogP contribution in [0.2, 0.25) is 0 Å². The molecule has 126 valence electrons. The highest BCUT2D eigenvalue weighted by atomic mass is 19.1. The van der Waals surface area contributed by atoms with Crippen molar-refractivity contribution in [2.24, 2.45) is 0 Å². The first-order valence-corrected chi connectivity index (χ1v) is 7.88. The average Bonchev–Trinajstić information content (AvgIpc) is 2.53. The average molecular weight is 322 g/mol. The zero-order valence-electron chi connectivity index (χ0n) is 13.3. The van der Waals surface area contributed by atoms with E-state index in [1.165, 1.54) is 12.1 Å². The Balaban J connectivity index is 1.96. The summed E-state index contributed by atoms with van der Waals surface area (Å²) in [5, 5.41) is 8.17. The van der Waals surface area contributed by atoms with E-state index in [1.54, 1.807) is 6.07 Å². The van der Waals surface area contributed by atoms with Gasteiger partial charge in [-0.15, -0.1) is 0 Å². The number of nitrogens with zero attached hydrogens (tertiary/aromatic N) is 1. The molecule has 7 heteroatoms. The minimum Gasteiger partial charge on any atom is -0.338 e. The SMILES string of the molecule is CCCNC(=O)NC(=O)CN1CCNCC1c1cccc(F)c1. The van der Waals surface area contributed by atoms with E-state index in [1.807, 2.05) is 17.9 Å². The molecule has 23 heavy (non-hydrogen) atoms. The number of imide groups is 1. The zero-order chi connectivity index (χ0) is 16.7. The van der Waals surface area contributed by atoms with Gasteiger partial charge in [-0.2, -0.15) is 0 Å². The molecule has 2 rings (SSSR count). The van der Waals surface area contributed by atoms with Crippen molar-refractivity contribution in [2.45, 2.75) is 19.4 Å². The summed E-state index contributed by atoms with van der Waals surface area (Å²) in [4.78, 5) is 25.5. The van der Waals surface area contributed by atoms with Crippen LogP contribution in [0, 0.1) is 5.82 Å². The molecule has 6 nitrogen and oxygen atoms in total. The van der Waals surface area contributed by atoms with Crippen LogP contribution in [0.25, 0.3) is 0 Å². The predicted octanol–water partition coefficient (Wildman–Crippen LogP) is 1.01. The molecule has 0 aromatic heterocycles. The smallest absolute Gasteiger partial charge is 0.321 e. The molecule has 0 aliphatic carbocycles. The molecule has 0 saturated carbocycles. The van der Waals surface area contributed by atoms with Crippen LogP contribution >= 0.6 is 0 Å². The Morgan fingerprint density at radius 2 is 2.26 bits per heavy atom. The largest absolute Gasteiger partial charge is 0.338 e. The van der Waals surface area contributed by atoms with Gasteiger partial charge in [-0.05, 0) is 24.1 Å². The predicted molar refractivity (Wildman–Crippen MR) is 85.4 cm³/mol. The third kappa shape index (κ3) is 5.30. The second-order valence-electron chi connectivity index (χ2n) is 5.55. The minimum atomic E-state index is -0.478. The molecule has 0 bridgehead atoms. The number of carbonyl (C=O) groups excluding carboxylic acids is 2. The first-order chi connectivity index (χ1) is 11.1. The molecule has 1 aliphatic rings. The Kier molecular flexibility index (Phi) is 6.49. The van der Waals surface area contributed by atoms with Crippen molar-refractivity contribution in [3.05, 3.63) is 35.6 Å². The minimum absolute atomic E-state index is 0.0936. The van der Waals surface area contributed by atoms with Gasteiger partial charge in [0, 0.05) is 32.2 Å². The number of halogens is 1. The highest BCUT2D eigenvalue weighted by Crippen LogP contribution is 2.22. The molecule has 1 aromatic rings. The third-order valence-electron chi connectivity index (χ3n) is 3.72. The summed E-state index contributed by atoms with van der Waals surface area (Å²) < 4.78 is 13.4.